The molecule has 0 radical (unpaired) electrons. The Balaban J connectivity index is 2.76. The molecule has 100 valence electrons. The van der Waals surface area contributed by atoms with Crippen molar-refractivity contribution >= 4 is 5.91 Å². The fourth-order valence-corrected chi connectivity index (χ4v) is 2.02. The topological polar surface area (TPSA) is 75.3 Å². The normalized spacial score (nSPS) is 14.1. The van der Waals surface area contributed by atoms with Crippen molar-refractivity contribution in [1.29, 1.82) is 0 Å². The Labute approximate surface area is 108 Å². The van der Waals surface area contributed by atoms with Gasteiger partial charge in [0.05, 0.1) is 6.04 Å². The van der Waals surface area contributed by atoms with Gasteiger partial charge in [-0.25, -0.2) is 0 Å². The number of phenols is 1. The van der Waals surface area contributed by atoms with Crippen LogP contribution in [0, 0.1) is 13.8 Å². The first kappa shape index (κ1) is 14.5. The molecule has 0 spiro atoms. The van der Waals surface area contributed by atoms with Gasteiger partial charge in [-0.05, 0) is 62.9 Å². The molecule has 18 heavy (non-hydrogen) atoms. The number of aromatic hydroxyl groups is 1. The Hall–Kier alpha value is -1.55. The number of hydrogen-bond acceptors (Lipinski definition) is 3. The molecule has 1 rings (SSSR count). The molecule has 0 aromatic heterocycles. The Morgan fingerprint density at radius 1 is 1.33 bits per heavy atom. The maximum Gasteiger partial charge on any atom is 0.236 e. The van der Waals surface area contributed by atoms with Crippen LogP contribution < -0.4 is 11.1 Å². The molecule has 1 aromatic rings. The molecule has 1 aromatic carbocycles. The van der Waals surface area contributed by atoms with E-state index in [1.807, 2.05) is 20.8 Å². The van der Waals surface area contributed by atoms with E-state index >= 15 is 0 Å². The summed E-state index contributed by atoms with van der Waals surface area (Å²) in [7, 11) is 0. The van der Waals surface area contributed by atoms with Crippen molar-refractivity contribution in [2.24, 2.45) is 5.73 Å². The molecule has 2 unspecified atom stereocenters. The highest BCUT2D eigenvalue weighted by Crippen LogP contribution is 2.21. The molecule has 0 fully saturated rings. The van der Waals surface area contributed by atoms with Crippen LogP contribution in [0.4, 0.5) is 0 Å². The van der Waals surface area contributed by atoms with E-state index in [9.17, 15) is 9.90 Å². The number of hydrogen-bond donors (Lipinski definition) is 3. The third-order valence-corrected chi connectivity index (χ3v) is 2.99. The monoisotopic (exact) mass is 250 g/mol. The van der Waals surface area contributed by atoms with E-state index in [1.165, 1.54) is 0 Å². The van der Waals surface area contributed by atoms with E-state index in [-0.39, 0.29) is 17.7 Å². The van der Waals surface area contributed by atoms with E-state index in [0.717, 1.165) is 23.1 Å². The fourth-order valence-electron chi connectivity index (χ4n) is 2.02. The second kappa shape index (κ2) is 5.87. The van der Waals surface area contributed by atoms with E-state index in [4.69, 9.17) is 5.73 Å². The average molecular weight is 250 g/mol. The van der Waals surface area contributed by atoms with Crippen molar-refractivity contribution in [3.63, 3.8) is 0 Å². The van der Waals surface area contributed by atoms with Crippen molar-refractivity contribution in [3.8, 4) is 5.75 Å². The van der Waals surface area contributed by atoms with Crippen LogP contribution in [-0.4, -0.2) is 23.1 Å². The van der Waals surface area contributed by atoms with E-state index < -0.39 is 6.04 Å². The summed E-state index contributed by atoms with van der Waals surface area (Å²) in [6, 6.07) is 3.00. The molecule has 4 heteroatoms. The molecule has 0 heterocycles. The smallest absolute Gasteiger partial charge is 0.236 e. The van der Waals surface area contributed by atoms with Crippen molar-refractivity contribution in [2.45, 2.75) is 46.2 Å². The largest absolute Gasteiger partial charge is 0.508 e. The van der Waals surface area contributed by atoms with Crippen molar-refractivity contribution < 1.29 is 9.90 Å². The summed E-state index contributed by atoms with van der Waals surface area (Å²) in [6.45, 7) is 7.54. The van der Waals surface area contributed by atoms with Gasteiger partial charge in [0.15, 0.2) is 0 Å². The zero-order valence-corrected chi connectivity index (χ0v) is 11.4. The number of nitrogens with one attached hydrogen (secondary N) is 1. The number of carbonyl (C=O) groups is 1. The van der Waals surface area contributed by atoms with Crippen LogP contribution >= 0.6 is 0 Å². The number of phenolic OH excluding ortho intramolecular Hbond substituents is 1. The lowest BCUT2D eigenvalue weighted by molar-refractivity contribution is -0.122. The number of benzene rings is 1. The van der Waals surface area contributed by atoms with E-state index in [2.05, 4.69) is 5.32 Å². The molecule has 0 saturated heterocycles. The first-order chi connectivity index (χ1) is 8.31. The molecule has 0 saturated carbocycles. The summed E-state index contributed by atoms with van der Waals surface area (Å²) >= 11 is 0. The van der Waals surface area contributed by atoms with Gasteiger partial charge in [-0.1, -0.05) is 0 Å². The molecule has 1 amide bonds. The quantitative estimate of drug-likeness (QED) is 0.756. The summed E-state index contributed by atoms with van der Waals surface area (Å²) in [4.78, 5) is 11.5. The van der Waals surface area contributed by atoms with Gasteiger partial charge in [0.1, 0.15) is 5.75 Å². The van der Waals surface area contributed by atoms with Gasteiger partial charge in [0.2, 0.25) is 5.91 Å². The van der Waals surface area contributed by atoms with Crippen LogP contribution in [-0.2, 0) is 11.2 Å². The van der Waals surface area contributed by atoms with Gasteiger partial charge >= 0.3 is 0 Å². The number of nitrogens with two attached hydrogens (primary N) is 1. The first-order valence-corrected chi connectivity index (χ1v) is 6.16. The van der Waals surface area contributed by atoms with Gasteiger partial charge < -0.3 is 16.2 Å². The maximum absolute atomic E-state index is 11.5. The Kier molecular flexibility index (Phi) is 4.73. The van der Waals surface area contributed by atoms with Crippen LogP contribution in [0.2, 0.25) is 0 Å². The highest BCUT2D eigenvalue weighted by molar-refractivity contribution is 5.81. The van der Waals surface area contributed by atoms with Gasteiger partial charge in [0, 0.05) is 6.04 Å². The van der Waals surface area contributed by atoms with Gasteiger partial charge in [0.25, 0.3) is 0 Å². The lowest BCUT2D eigenvalue weighted by atomic mass is 9.96. The number of rotatable bonds is 4. The fraction of sp³-hybridized carbons (Fsp3) is 0.500. The van der Waals surface area contributed by atoms with Crippen LogP contribution in [0.25, 0.3) is 0 Å². The summed E-state index contributed by atoms with van der Waals surface area (Å²) in [6.07, 6.45) is 0.733. The Morgan fingerprint density at radius 3 is 2.28 bits per heavy atom. The lowest BCUT2D eigenvalue weighted by Gasteiger charge is -2.18. The summed E-state index contributed by atoms with van der Waals surface area (Å²) in [5, 5.41) is 12.4. The molecule has 4 N–H and O–H groups in total. The minimum atomic E-state index is -0.491. The molecule has 0 aliphatic rings. The molecule has 0 aliphatic carbocycles. The molecular formula is C14H22N2O2. The second-order valence-corrected chi connectivity index (χ2v) is 4.96. The predicted octanol–water partition coefficient (Wildman–Crippen LogP) is 1.40. The number of aryl methyl sites for hydroxylation is 2. The highest BCUT2D eigenvalue weighted by Gasteiger charge is 2.14. The van der Waals surface area contributed by atoms with Crippen LogP contribution in [0.5, 0.6) is 5.75 Å². The van der Waals surface area contributed by atoms with Crippen LogP contribution in [0.15, 0.2) is 12.1 Å². The molecule has 4 nitrogen and oxygen atoms in total. The van der Waals surface area contributed by atoms with Crippen LogP contribution in [0.3, 0.4) is 0 Å². The highest BCUT2D eigenvalue weighted by atomic mass is 16.3. The SMILES string of the molecule is Cc1cc(O)cc(C)c1CC(C)NC(=O)C(C)N. The first-order valence-electron chi connectivity index (χ1n) is 6.16. The molecular weight excluding hydrogens is 228 g/mol. The third-order valence-electron chi connectivity index (χ3n) is 2.99. The van der Waals surface area contributed by atoms with Crippen molar-refractivity contribution in [2.75, 3.05) is 0 Å². The minimum absolute atomic E-state index is 0.0189. The Bertz CT molecular complexity index is 418. The maximum atomic E-state index is 11.5. The number of carbonyl (C=O) groups excluding carboxylic acids is 1. The third kappa shape index (κ3) is 3.74. The summed E-state index contributed by atoms with van der Waals surface area (Å²) in [5.74, 6) is 0.137. The van der Waals surface area contributed by atoms with E-state index in [0.29, 0.717) is 0 Å². The molecule has 0 aliphatic heterocycles. The van der Waals surface area contributed by atoms with Gasteiger partial charge in [-0.2, -0.15) is 0 Å². The predicted molar refractivity (Wildman–Crippen MR) is 72.5 cm³/mol. The van der Waals surface area contributed by atoms with Gasteiger partial charge in [-0.3, -0.25) is 4.79 Å². The van der Waals surface area contributed by atoms with Crippen molar-refractivity contribution in [3.05, 3.63) is 28.8 Å². The number of amides is 1. The standard InChI is InChI=1S/C14H22N2O2/c1-8-5-12(17)6-9(2)13(8)7-10(3)16-14(18)11(4)15/h5-6,10-11,17H,7,15H2,1-4H3,(H,16,18). The summed E-state index contributed by atoms with van der Waals surface area (Å²) < 4.78 is 0. The zero-order chi connectivity index (χ0) is 13.9. The van der Waals surface area contributed by atoms with Crippen molar-refractivity contribution in [1.82, 2.24) is 5.32 Å². The van der Waals surface area contributed by atoms with Gasteiger partial charge in [-0.15, -0.1) is 0 Å². The average Bonchev–Trinajstić information content (AvgIpc) is 2.23. The lowest BCUT2D eigenvalue weighted by Crippen LogP contribution is -2.43. The minimum Gasteiger partial charge on any atom is -0.508 e. The van der Waals surface area contributed by atoms with E-state index in [1.54, 1.807) is 19.1 Å². The Morgan fingerprint density at radius 2 is 1.83 bits per heavy atom. The zero-order valence-electron chi connectivity index (χ0n) is 11.4. The molecule has 0 bridgehead atoms. The van der Waals surface area contributed by atoms with Crippen LogP contribution in [0.1, 0.15) is 30.5 Å². The second-order valence-electron chi connectivity index (χ2n) is 4.96. The summed E-state index contributed by atoms with van der Waals surface area (Å²) in [5.41, 5.74) is 8.74. The molecule has 2 atom stereocenters.